The third kappa shape index (κ3) is 5.15. The zero-order valence-electron chi connectivity index (χ0n) is 19.9. The first kappa shape index (κ1) is 25.8. The van der Waals surface area contributed by atoms with Crippen molar-refractivity contribution in [1.29, 1.82) is 0 Å². The van der Waals surface area contributed by atoms with Crippen molar-refractivity contribution in [2.75, 3.05) is 0 Å². The number of carbonyl (C=O) groups is 2. The third-order valence-electron chi connectivity index (χ3n) is 6.20. The van der Waals surface area contributed by atoms with E-state index in [4.69, 9.17) is 25.8 Å². The van der Waals surface area contributed by atoms with E-state index in [2.05, 4.69) is 36.8 Å². The maximum Gasteiger partial charge on any atom is 0.324 e. The van der Waals surface area contributed by atoms with Crippen LogP contribution in [0.3, 0.4) is 0 Å². The Morgan fingerprint density at radius 3 is 2.30 bits per heavy atom. The highest BCUT2D eigenvalue weighted by Crippen LogP contribution is 2.45. The average molecular weight is 648 g/mol. The standard InChI is InChI=1S/C28H22Br2ClNO5/c1-28(2)36-26(33)24(27(34)37-28)23(18-13-32-22-10-6-4-8-17(18)22)16-11-19(29)25(20(30)12-16)35-14-15-7-3-5-9-21(15)31/h3-13,23-24,32H,14H2,1-2H3/t23-/m0/s1. The molecule has 1 fully saturated rings. The number of esters is 2. The molecule has 4 aromatic rings. The van der Waals surface area contributed by atoms with E-state index in [9.17, 15) is 9.59 Å². The lowest BCUT2D eigenvalue weighted by atomic mass is 9.80. The second-order valence-corrected chi connectivity index (χ2v) is 11.3. The second kappa shape index (κ2) is 10.2. The van der Waals surface area contributed by atoms with Crippen LogP contribution >= 0.6 is 43.5 Å². The zero-order valence-corrected chi connectivity index (χ0v) is 23.8. The number of hydrogen-bond acceptors (Lipinski definition) is 5. The molecule has 5 rings (SSSR count). The number of cyclic esters (lactones) is 2. The van der Waals surface area contributed by atoms with Crippen LogP contribution in [0.2, 0.25) is 5.02 Å². The molecular formula is C28H22Br2ClNO5. The van der Waals surface area contributed by atoms with Crippen LogP contribution < -0.4 is 4.74 Å². The van der Waals surface area contributed by atoms with Gasteiger partial charge in [-0.1, -0.05) is 48.0 Å². The lowest BCUT2D eigenvalue weighted by molar-refractivity contribution is -0.240. The van der Waals surface area contributed by atoms with Gasteiger partial charge in [0.05, 0.1) is 8.95 Å². The van der Waals surface area contributed by atoms with E-state index in [1.54, 1.807) is 0 Å². The van der Waals surface area contributed by atoms with Crippen LogP contribution in [0, 0.1) is 5.92 Å². The van der Waals surface area contributed by atoms with Crippen molar-refractivity contribution in [2.24, 2.45) is 5.92 Å². The largest absolute Gasteiger partial charge is 0.486 e. The summed E-state index contributed by atoms with van der Waals surface area (Å²) in [7, 11) is 0. The minimum absolute atomic E-state index is 0.262. The molecule has 0 spiro atoms. The molecule has 0 bridgehead atoms. The number of nitrogens with one attached hydrogen (secondary N) is 1. The van der Waals surface area contributed by atoms with E-state index < -0.39 is 29.6 Å². The zero-order chi connectivity index (χ0) is 26.3. The van der Waals surface area contributed by atoms with Gasteiger partial charge in [-0.2, -0.15) is 0 Å². The van der Waals surface area contributed by atoms with Crippen LogP contribution in [0.25, 0.3) is 10.9 Å². The molecule has 0 radical (unpaired) electrons. The average Bonchev–Trinajstić information content (AvgIpc) is 3.25. The van der Waals surface area contributed by atoms with Gasteiger partial charge >= 0.3 is 11.9 Å². The summed E-state index contributed by atoms with van der Waals surface area (Å²) < 4.78 is 18.4. The number of carbonyl (C=O) groups excluding carboxylic acids is 2. The number of hydrogen-bond donors (Lipinski definition) is 1. The molecule has 190 valence electrons. The first-order chi connectivity index (χ1) is 17.6. The van der Waals surface area contributed by atoms with Gasteiger partial charge in [0.25, 0.3) is 5.79 Å². The SMILES string of the molecule is CC1(C)OC(=O)C([C@@H](c2cc(Br)c(OCc3ccccc3Cl)c(Br)c2)c2c[nH]c3ccccc23)C(=O)O1. The molecule has 3 aromatic carbocycles. The maximum absolute atomic E-state index is 13.2. The highest BCUT2D eigenvalue weighted by Gasteiger charge is 2.48. The summed E-state index contributed by atoms with van der Waals surface area (Å²) in [4.78, 5) is 29.6. The highest BCUT2D eigenvalue weighted by molar-refractivity contribution is 9.11. The number of rotatable bonds is 6. The lowest BCUT2D eigenvalue weighted by Crippen LogP contribution is -2.48. The monoisotopic (exact) mass is 645 g/mol. The van der Waals surface area contributed by atoms with Gasteiger partial charge in [-0.3, -0.25) is 9.59 Å². The molecule has 37 heavy (non-hydrogen) atoms. The first-order valence-corrected chi connectivity index (χ1v) is 13.5. The summed E-state index contributed by atoms with van der Waals surface area (Å²) in [5.41, 5.74) is 3.21. The molecule has 1 aliphatic heterocycles. The highest BCUT2D eigenvalue weighted by atomic mass is 79.9. The van der Waals surface area contributed by atoms with Crippen molar-refractivity contribution in [3.05, 3.63) is 97.5 Å². The number of fused-ring (bicyclic) bond motifs is 1. The molecule has 1 saturated heterocycles. The molecule has 0 saturated carbocycles. The molecule has 2 heterocycles. The smallest absolute Gasteiger partial charge is 0.324 e. The Bertz CT molecular complexity index is 1470. The maximum atomic E-state index is 13.2. The van der Waals surface area contributed by atoms with Gasteiger partial charge < -0.3 is 19.2 Å². The van der Waals surface area contributed by atoms with E-state index in [0.29, 0.717) is 25.3 Å². The number of aromatic nitrogens is 1. The summed E-state index contributed by atoms with van der Waals surface area (Å²) in [6, 6.07) is 18.9. The fraction of sp³-hybridized carbons (Fsp3) is 0.214. The predicted molar refractivity (Wildman–Crippen MR) is 148 cm³/mol. The Morgan fingerprint density at radius 1 is 1.00 bits per heavy atom. The first-order valence-electron chi connectivity index (χ1n) is 11.5. The van der Waals surface area contributed by atoms with Gasteiger partial charge in [-0.05, 0) is 67.3 Å². The van der Waals surface area contributed by atoms with Crippen molar-refractivity contribution in [2.45, 2.75) is 32.2 Å². The van der Waals surface area contributed by atoms with Gasteiger partial charge in [0.2, 0.25) is 0 Å². The number of aromatic amines is 1. The van der Waals surface area contributed by atoms with Crippen molar-refractivity contribution in [3.8, 4) is 5.75 Å². The summed E-state index contributed by atoms with van der Waals surface area (Å²) in [5, 5.41) is 1.51. The van der Waals surface area contributed by atoms with Gasteiger partial charge in [-0.15, -0.1) is 0 Å². The lowest BCUT2D eigenvalue weighted by Gasteiger charge is -2.36. The van der Waals surface area contributed by atoms with Crippen LogP contribution in [0.15, 0.2) is 75.8 Å². The minimum atomic E-state index is -1.33. The van der Waals surface area contributed by atoms with E-state index in [0.717, 1.165) is 22.0 Å². The Kier molecular flexibility index (Phi) is 7.09. The fourth-order valence-electron chi connectivity index (χ4n) is 4.57. The van der Waals surface area contributed by atoms with Crippen LogP contribution in [0.4, 0.5) is 0 Å². The van der Waals surface area contributed by atoms with Crippen molar-refractivity contribution >= 4 is 66.3 Å². The summed E-state index contributed by atoms with van der Waals surface area (Å²) >= 11 is 13.5. The number of para-hydroxylation sites is 1. The van der Waals surface area contributed by atoms with Crippen molar-refractivity contribution < 1.29 is 23.8 Å². The van der Waals surface area contributed by atoms with Crippen LogP contribution in [0.1, 0.15) is 36.5 Å². The van der Waals surface area contributed by atoms with Crippen LogP contribution in [0.5, 0.6) is 5.75 Å². The molecule has 9 heteroatoms. The van der Waals surface area contributed by atoms with Gasteiger partial charge in [-0.25, -0.2) is 0 Å². The van der Waals surface area contributed by atoms with Gasteiger partial charge in [0.1, 0.15) is 12.4 Å². The Morgan fingerprint density at radius 2 is 1.62 bits per heavy atom. The molecular weight excluding hydrogens is 626 g/mol. The topological polar surface area (TPSA) is 77.6 Å². The number of ether oxygens (including phenoxy) is 3. The molecule has 1 aromatic heterocycles. The molecule has 6 nitrogen and oxygen atoms in total. The van der Waals surface area contributed by atoms with E-state index in [-0.39, 0.29) is 6.61 Å². The normalized spacial score (nSPS) is 16.4. The van der Waals surface area contributed by atoms with Crippen LogP contribution in [-0.4, -0.2) is 22.7 Å². The molecule has 0 unspecified atom stereocenters. The Hall–Kier alpha value is -2.81. The number of H-pyrrole nitrogens is 1. The molecule has 0 amide bonds. The summed E-state index contributed by atoms with van der Waals surface area (Å²) in [6.45, 7) is 3.34. The quantitative estimate of drug-likeness (QED) is 0.173. The Labute approximate surface area is 235 Å². The predicted octanol–water partition coefficient (Wildman–Crippen LogP) is 7.51. The molecule has 1 aliphatic rings. The van der Waals surface area contributed by atoms with Gasteiger partial charge in [0, 0.05) is 47.5 Å². The fourth-order valence-corrected chi connectivity index (χ4v) is 6.21. The molecule has 1 N–H and O–H groups in total. The van der Waals surface area contributed by atoms with Crippen molar-refractivity contribution in [1.82, 2.24) is 4.98 Å². The summed E-state index contributed by atoms with van der Waals surface area (Å²) in [6.07, 6.45) is 1.82. The van der Waals surface area contributed by atoms with Gasteiger partial charge in [0.15, 0.2) is 5.92 Å². The number of benzene rings is 3. The Balaban J connectivity index is 1.57. The molecule has 0 aliphatic carbocycles. The van der Waals surface area contributed by atoms with Crippen molar-refractivity contribution in [3.63, 3.8) is 0 Å². The summed E-state index contributed by atoms with van der Waals surface area (Å²) in [5.74, 6) is -3.91. The number of halogens is 3. The van der Waals surface area contributed by atoms with E-state index in [1.165, 1.54) is 13.8 Å². The molecule has 1 atom stereocenters. The second-order valence-electron chi connectivity index (χ2n) is 9.18. The van der Waals surface area contributed by atoms with E-state index >= 15 is 0 Å². The minimum Gasteiger partial charge on any atom is -0.486 e. The van der Waals surface area contributed by atoms with E-state index in [1.807, 2.05) is 66.9 Å². The third-order valence-corrected chi connectivity index (χ3v) is 7.75. The van der Waals surface area contributed by atoms with Crippen LogP contribution in [-0.2, 0) is 25.7 Å².